The number of hydrogen-bond donors (Lipinski definition) is 2. The van der Waals surface area contributed by atoms with Gasteiger partial charge in [0, 0.05) is 24.2 Å². The van der Waals surface area contributed by atoms with Crippen LogP contribution in [0.15, 0.2) is 18.2 Å². The van der Waals surface area contributed by atoms with Crippen LogP contribution in [-0.2, 0) is 0 Å². The summed E-state index contributed by atoms with van der Waals surface area (Å²) in [6, 6.07) is 5.08. The second kappa shape index (κ2) is 5.23. The fourth-order valence-electron chi connectivity index (χ4n) is 4.06. The molecule has 6 heteroatoms. The SMILES string of the molecule is NC12CCCC1CN(C(=O)c1ccc3c(c1)C(=O)NCCO3)C2. The third-order valence-corrected chi connectivity index (χ3v) is 5.34. The Morgan fingerprint density at radius 3 is 3.13 bits per heavy atom. The molecule has 4 rings (SSSR count). The van der Waals surface area contributed by atoms with Crippen molar-refractivity contribution in [1.82, 2.24) is 10.2 Å². The van der Waals surface area contributed by atoms with Crippen molar-refractivity contribution >= 4 is 11.8 Å². The lowest BCUT2D eigenvalue weighted by atomic mass is 9.92. The van der Waals surface area contributed by atoms with Crippen molar-refractivity contribution in [2.75, 3.05) is 26.2 Å². The van der Waals surface area contributed by atoms with Crippen LogP contribution in [0.5, 0.6) is 5.75 Å². The van der Waals surface area contributed by atoms with Gasteiger partial charge in [-0.1, -0.05) is 6.42 Å². The van der Waals surface area contributed by atoms with Crippen molar-refractivity contribution < 1.29 is 14.3 Å². The van der Waals surface area contributed by atoms with Crippen molar-refractivity contribution in [3.05, 3.63) is 29.3 Å². The monoisotopic (exact) mass is 315 g/mol. The highest BCUT2D eigenvalue weighted by atomic mass is 16.5. The summed E-state index contributed by atoms with van der Waals surface area (Å²) in [5.41, 5.74) is 7.17. The van der Waals surface area contributed by atoms with Crippen LogP contribution in [-0.4, -0.2) is 48.5 Å². The topological polar surface area (TPSA) is 84.7 Å². The molecule has 0 spiro atoms. The van der Waals surface area contributed by atoms with Crippen LogP contribution in [0.4, 0.5) is 0 Å². The minimum atomic E-state index is -0.220. The zero-order chi connectivity index (χ0) is 16.0. The average molecular weight is 315 g/mol. The van der Waals surface area contributed by atoms with E-state index >= 15 is 0 Å². The summed E-state index contributed by atoms with van der Waals surface area (Å²) in [7, 11) is 0. The quantitative estimate of drug-likeness (QED) is 0.801. The number of likely N-dealkylation sites (tertiary alicyclic amines) is 1. The molecule has 1 aromatic rings. The first kappa shape index (κ1) is 14.5. The van der Waals surface area contributed by atoms with Gasteiger partial charge in [-0.15, -0.1) is 0 Å². The summed E-state index contributed by atoms with van der Waals surface area (Å²) in [4.78, 5) is 26.7. The number of amides is 2. The predicted molar refractivity (Wildman–Crippen MR) is 84.4 cm³/mol. The van der Waals surface area contributed by atoms with E-state index in [0.29, 0.717) is 42.5 Å². The molecule has 1 aromatic carbocycles. The molecule has 0 aromatic heterocycles. The van der Waals surface area contributed by atoms with Crippen LogP contribution < -0.4 is 15.8 Å². The number of fused-ring (bicyclic) bond motifs is 2. The number of carbonyl (C=O) groups is 2. The van der Waals surface area contributed by atoms with Crippen LogP contribution in [0, 0.1) is 5.92 Å². The standard InChI is InChI=1S/C17H21N3O3/c18-17-5-1-2-12(17)9-20(10-17)16(22)11-3-4-14-13(8-11)15(21)19-6-7-23-14/h3-4,8,12H,1-2,5-7,9-10,18H2,(H,19,21). The first-order chi connectivity index (χ1) is 11.1. The largest absolute Gasteiger partial charge is 0.491 e. The van der Waals surface area contributed by atoms with E-state index in [2.05, 4.69) is 5.32 Å². The zero-order valence-corrected chi connectivity index (χ0v) is 13.0. The van der Waals surface area contributed by atoms with Crippen LogP contribution >= 0.6 is 0 Å². The van der Waals surface area contributed by atoms with Gasteiger partial charge in [-0.05, 0) is 37.0 Å². The van der Waals surface area contributed by atoms with E-state index in [0.717, 1.165) is 25.8 Å². The number of ether oxygens (including phenoxy) is 1. The van der Waals surface area contributed by atoms with E-state index in [4.69, 9.17) is 10.5 Å². The maximum absolute atomic E-state index is 12.8. The molecule has 0 radical (unpaired) electrons. The molecule has 1 aliphatic carbocycles. The lowest BCUT2D eigenvalue weighted by Crippen LogP contribution is -2.44. The smallest absolute Gasteiger partial charge is 0.255 e. The maximum Gasteiger partial charge on any atom is 0.255 e. The Hall–Kier alpha value is -2.08. The van der Waals surface area contributed by atoms with E-state index in [1.807, 2.05) is 4.90 Å². The number of benzene rings is 1. The molecule has 2 unspecified atom stereocenters. The Bertz CT molecular complexity index is 675. The van der Waals surface area contributed by atoms with Crippen molar-refractivity contribution in [3.63, 3.8) is 0 Å². The van der Waals surface area contributed by atoms with Crippen LogP contribution in [0.2, 0.25) is 0 Å². The summed E-state index contributed by atoms with van der Waals surface area (Å²) >= 11 is 0. The van der Waals surface area contributed by atoms with Gasteiger partial charge in [0.2, 0.25) is 0 Å². The Morgan fingerprint density at radius 1 is 1.43 bits per heavy atom. The van der Waals surface area contributed by atoms with Gasteiger partial charge in [0.25, 0.3) is 11.8 Å². The number of nitrogens with one attached hydrogen (secondary N) is 1. The molecule has 6 nitrogen and oxygen atoms in total. The van der Waals surface area contributed by atoms with Crippen LogP contribution in [0.25, 0.3) is 0 Å². The third kappa shape index (κ3) is 2.37. The van der Waals surface area contributed by atoms with Crippen molar-refractivity contribution in [2.45, 2.75) is 24.8 Å². The molecule has 0 bridgehead atoms. The first-order valence-electron chi connectivity index (χ1n) is 8.20. The molecule has 2 amide bonds. The van der Waals surface area contributed by atoms with Crippen molar-refractivity contribution in [2.24, 2.45) is 11.7 Å². The van der Waals surface area contributed by atoms with E-state index in [-0.39, 0.29) is 17.4 Å². The van der Waals surface area contributed by atoms with Gasteiger partial charge in [-0.25, -0.2) is 0 Å². The van der Waals surface area contributed by atoms with Gasteiger partial charge < -0.3 is 20.7 Å². The van der Waals surface area contributed by atoms with Gasteiger partial charge in [-0.3, -0.25) is 9.59 Å². The normalized spacial score (nSPS) is 29.3. The minimum absolute atomic E-state index is 0.0518. The Kier molecular flexibility index (Phi) is 3.30. The van der Waals surface area contributed by atoms with E-state index in [9.17, 15) is 9.59 Å². The summed E-state index contributed by atoms with van der Waals surface area (Å²) in [6.07, 6.45) is 3.24. The van der Waals surface area contributed by atoms with Gasteiger partial charge in [0.15, 0.2) is 0 Å². The fraction of sp³-hybridized carbons (Fsp3) is 0.529. The molecular formula is C17H21N3O3. The number of hydrogen-bond acceptors (Lipinski definition) is 4. The van der Waals surface area contributed by atoms with E-state index < -0.39 is 0 Å². The molecule has 2 aliphatic heterocycles. The molecule has 2 atom stereocenters. The molecule has 23 heavy (non-hydrogen) atoms. The number of rotatable bonds is 1. The van der Waals surface area contributed by atoms with Gasteiger partial charge in [0.05, 0.1) is 12.1 Å². The molecule has 2 fully saturated rings. The number of nitrogens with two attached hydrogens (primary N) is 1. The molecule has 2 heterocycles. The summed E-state index contributed by atoms with van der Waals surface area (Å²) in [5.74, 6) is 0.689. The summed E-state index contributed by atoms with van der Waals surface area (Å²) < 4.78 is 5.53. The Balaban J connectivity index is 1.59. The molecule has 122 valence electrons. The predicted octanol–water partition coefficient (Wildman–Crippen LogP) is 0.762. The maximum atomic E-state index is 12.8. The number of carbonyl (C=O) groups excluding carboxylic acids is 2. The average Bonchev–Trinajstić information content (AvgIpc) is 2.98. The molecule has 3 N–H and O–H groups in total. The lowest BCUT2D eigenvalue weighted by Gasteiger charge is -2.23. The molecule has 1 saturated heterocycles. The van der Waals surface area contributed by atoms with E-state index in [1.54, 1.807) is 18.2 Å². The highest BCUT2D eigenvalue weighted by molar-refractivity contribution is 6.01. The molecule has 3 aliphatic rings. The Labute approximate surface area is 135 Å². The summed E-state index contributed by atoms with van der Waals surface area (Å²) in [6.45, 7) is 2.24. The summed E-state index contributed by atoms with van der Waals surface area (Å²) in [5, 5.41) is 2.77. The van der Waals surface area contributed by atoms with E-state index in [1.165, 1.54) is 0 Å². The van der Waals surface area contributed by atoms with Crippen LogP contribution in [0.1, 0.15) is 40.0 Å². The van der Waals surface area contributed by atoms with Gasteiger partial charge in [-0.2, -0.15) is 0 Å². The molecular weight excluding hydrogens is 294 g/mol. The highest BCUT2D eigenvalue weighted by Crippen LogP contribution is 2.40. The van der Waals surface area contributed by atoms with Crippen molar-refractivity contribution in [1.29, 1.82) is 0 Å². The fourth-order valence-corrected chi connectivity index (χ4v) is 4.06. The minimum Gasteiger partial charge on any atom is -0.491 e. The second-order valence-corrected chi connectivity index (χ2v) is 6.82. The molecule has 1 saturated carbocycles. The van der Waals surface area contributed by atoms with Crippen molar-refractivity contribution in [3.8, 4) is 5.75 Å². The lowest BCUT2D eigenvalue weighted by molar-refractivity contribution is 0.0778. The van der Waals surface area contributed by atoms with Gasteiger partial charge in [0.1, 0.15) is 12.4 Å². The zero-order valence-electron chi connectivity index (χ0n) is 13.0. The Morgan fingerprint density at radius 2 is 2.30 bits per heavy atom. The first-order valence-corrected chi connectivity index (χ1v) is 8.20. The van der Waals surface area contributed by atoms with Gasteiger partial charge >= 0.3 is 0 Å². The number of nitrogens with zero attached hydrogens (tertiary/aromatic N) is 1. The third-order valence-electron chi connectivity index (χ3n) is 5.34. The second-order valence-electron chi connectivity index (χ2n) is 6.82. The van der Waals surface area contributed by atoms with Crippen LogP contribution in [0.3, 0.4) is 0 Å². The highest BCUT2D eigenvalue weighted by Gasteiger charge is 2.48.